The largest absolute Gasteiger partial charge is 0.309 e. The summed E-state index contributed by atoms with van der Waals surface area (Å²) in [6.45, 7) is 0. The van der Waals surface area contributed by atoms with Crippen molar-refractivity contribution in [2.75, 3.05) is 0 Å². The van der Waals surface area contributed by atoms with Crippen molar-refractivity contribution in [2.24, 2.45) is 0 Å². The van der Waals surface area contributed by atoms with Gasteiger partial charge < -0.3 is 9.13 Å². The van der Waals surface area contributed by atoms with Gasteiger partial charge in [-0.15, -0.1) is 0 Å². The van der Waals surface area contributed by atoms with Crippen LogP contribution in [0.4, 0.5) is 0 Å². The van der Waals surface area contributed by atoms with Gasteiger partial charge in [0.2, 0.25) is 0 Å². The van der Waals surface area contributed by atoms with Gasteiger partial charge in [0.25, 0.3) is 0 Å². The Morgan fingerprint density at radius 2 is 0.743 bits per heavy atom. The molecule has 3 aromatic heterocycles. The zero-order valence-electron chi connectivity index (χ0n) is 37.9. The second-order valence-electron chi connectivity index (χ2n) is 18.0. The van der Waals surface area contributed by atoms with Gasteiger partial charge in [0.05, 0.1) is 22.1 Å². The SMILES string of the molecule is c1ccc(-c2nc(-c3ccccc3)nc(-c3cccc(-c4cccc(-n5c6ccc(-c7cc8c(c9ccccc79)c7ccccc7n8-c7ccccc7)cc6c6cc7ccccc7cc65)c4)c3)n2)cc1. The minimum Gasteiger partial charge on any atom is -0.309 e. The molecule has 11 aromatic carbocycles. The predicted molar refractivity (Wildman–Crippen MR) is 291 cm³/mol. The van der Waals surface area contributed by atoms with Crippen molar-refractivity contribution in [1.29, 1.82) is 0 Å². The molecule has 0 bridgehead atoms. The van der Waals surface area contributed by atoms with Gasteiger partial charge in [-0.25, -0.2) is 15.0 Å². The fourth-order valence-electron chi connectivity index (χ4n) is 10.7. The Kier molecular flexibility index (Phi) is 9.14. The van der Waals surface area contributed by atoms with E-state index in [-0.39, 0.29) is 0 Å². The summed E-state index contributed by atoms with van der Waals surface area (Å²) >= 11 is 0. The van der Waals surface area contributed by atoms with Crippen LogP contribution in [0.3, 0.4) is 0 Å². The van der Waals surface area contributed by atoms with E-state index < -0.39 is 0 Å². The molecule has 14 aromatic rings. The lowest BCUT2D eigenvalue weighted by molar-refractivity contribution is 1.07. The molecule has 0 radical (unpaired) electrons. The van der Waals surface area contributed by atoms with Gasteiger partial charge in [-0.1, -0.05) is 182 Å². The summed E-state index contributed by atoms with van der Waals surface area (Å²) in [5.41, 5.74) is 14.3. The second-order valence-corrected chi connectivity index (χ2v) is 18.0. The second kappa shape index (κ2) is 16.1. The van der Waals surface area contributed by atoms with Gasteiger partial charge in [-0.05, 0) is 111 Å². The summed E-state index contributed by atoms with van der Waals surface area (Å²) in [7, 11) is 0. The van der Waals surface area contributed by atoms with E-state index >= 15 is 0 Å². The Hall–Kier alpha value is -9.45. The monoisotopic (exact) mass is 891 g/mol. The number of hydrogen-bond donors (Lipinski definition) is 0. The summed E-state index contributed by atoms with van der Waals surface area (Å²) < 4.78 is 4.86. The van der Waals surface area contributed by atoms with Crippen molar-refractivity contribution >= 4 is 65.2 Å². The Morgan fingerprint density at radius 3 is 1.47 bits per heavy atom. The van der Waals surface area contributed by atoms with Gasteiger partial charge in [0, 0.05) is 49.6 Å². The molecule has 14 rings (SSSR count). The number of para-hydroxylation sites is 2. The zero-order valence-corrected chi connectivity index (χ0v) is 37.9. The molecule has 0 aliphatic rings. The van der Waals surface area contributed by atoms with Gasteiger partial charge in [0.15, 0.2) is 17.5 Å². The van der Waals surface area contributed by atoms with Crippen molar-refractivity contribution < 1.29 is 0 Å². The highest BCUT2D eigenvalue weighted by Gasteiger charge is 2.21. The number of benzene rings is 11. The van der Waals surface area contributed by atoms with Crippen LogP contribution in [-0.4, -0.2) is 24.1 Å². The Balaban J connectivity index is 0.938. The number of aromatic nitrogens is 5. The van der Waals surface area contributed by atoms with E-state index in [4.69, 9.17) is 15.0 Å². The van der Waals surface area contributed by atoms with E-state index in [1.165, 1.54) is 65.3 Å². The van der Waals surface area contributed by atoms with Crippen LogP contribution in [0, 0.1) is 0 Å². The third-order valence-electron chi connectivity index (χ3n) is 13.9. The molecule has 326 valence electrons. The molecule has 0 aliphatic carbocycles. The van der Waals surface area contributed by atoms with Gasteiger partial charge in [-0.2, -0.15) is 0 Å². The van der Waals surface area contributed by atoms with Crippen LogP contribution in [0.25, 0.3) is 133 Å². The molecule has 0 aliphatic heterocycles. The molecule has 0 saturated heterocycles. The summed E-state index contributed by atoms with van der Waals surface area (Å²) in [5.74, 6) is 1.91. The lowest BCUT2D eigenvalue weighted by Crippen LogP contribution is -2.00. The minimum atomic E-state index is 0.629. The van der Waals surface area contributed by atoms with Gasteiger partial charge in [0.1, 0.15) is 0 Å². The van der Waals surface area contributed by atoms with E-state index in [0.717, 1.165) is 50.2 Å². The van der Waals surface area contributed by atoms with Crippen LogP contribution in [0.2, 0.25) is 0 Å². The van der Waals surface area contributed by atoms with E-state index in [9.17, 15) is 0 Å². The lowest BCUT2D eigenvalue weighted by atomic mass is 9.94. The quantitative estimate of drug-likeness (QED) is 0.160. The molecule has 0 fully saturated rings. The normalized spacial score (nSPS) is 11.7. The Bertz CT molecular complexity index is 4280. The molecule has 5 nitrogen and oxygen atoms in total. The summed E-state index contributed by atoms with van der Waals surface area (Å²) in [5, 5.41) is 9.85. The van der Waals surface area contributed by atoms with Crippen LogP contribution in [0.1, 0.15) is 0 Å². The highest BCUT2D eigenvalue weighted by Crippen LogP contribution is 2.44. The van der Waals surface area contributed by atoms with Crippen molar-refractivity contribution in [3.8, 4) is 67.8 Å². The standard InChI is InChI=1S/C65H41N5/c1-4-18-42(19-5-1)63-66-64(43-20-6-2-7-21-43)68-65(67-63)49-26-16-24-44(36-49)45-25-17-29-51(37-45)70-59-35-34-48(39-56(59)57-38-46-22-10-11-23-47(46)40-60(57)70)55-41-61-62(53-31-13-12-30-52(53)55)54-32-14-15-33-58(54)69(61)50-27-8-3-9-28-50/h1-41H. The first-order chi connectivity index (χ1) is 34.7. The first-order valence-corrected chi connectivity index (χ1v) is 23.8. The minimum absolute atomic E-state index is 0.629. The number of rotatable bonds is 7. The van der Waals surface area contributed by atoms with E-state index in [2.05, 4.69) is 197 Å². The van der Waals surface area contributed by atoms with Crippen LogP contribution >= 0.6 is 0 Å². The number of hydrogen-bond acceptors (Lipinski definition) is 3. The molecular formula is C65H41N5. The van der Waals surface area contributed by atoms with E-state index in [1.54, 1.807) is 0 Å². The maximum atomic E-state index is 5.05. The van der Waals surface area contributed by atoms with Crippen molar-refractivity contribution in [2.45, 2.75) is 0 Å². The molecule has 0 saturated carbocycles. The molecule has 0 amide bonds. The Labute approximate surface area is 403 Å². The molecule has 3 heterocycles. The van der Waals surface area contributed by atoms with Crippen LogP contribution < -0.4 is 0 Å². The number of nitrogens with zero attached hydrogens (tertiary/aromatic N) is 5. The molecule has 70 heavy (non-hydrogen) atoms. The Morgan fingerprint density at radius 1 is 0.243 bits per heavy atom. The highest BCUT2D eigenvalue weighted by atomic mass is 15.0. The van der Waals surface area contributed by atoms with Gasteiger partial charge in [-0.3, -0.25) is 0 Å². The smallest absolute Gasteiger partial charge is 0.164 e. The topological polar surface area (TPSA) is 48.5 Å². The van der Waals surface area contributed by atoms with E-state index in [0.29, 0.717) is 17.5 Å². The third-order valence-corrected chi connectivity index (χ3v) is 13.9. The molecule has 0 spiro atoms. The first kappa shape index (κ1) is 39.7. The molecule has 0 N–H and O–H groups in total. The molecule has 0 unspecified atom stereocenters. The highest BCUT2D eigenvalue weighted by molar-refractivity contribution is 6.25. The first-order valence-electron chi connectivity index (χ1n) is 23.8. The lowest BCUT2D eigenvalue weighted by Gasteiger charge is -2.13. The zero-order chi connectivity index (χ0) is 46.1. The molecule has 0 atom stereocenters. The molecular weight excluding hydrogens is 851 g/mol. The van der Waals surface area contributed by atoms with Crippen molar-refractivity contribution in [3.05, 3.63) is 249 Å². The maximum absolute atomic E-state index is 5.05. The predicted octanol–water partition coefficient (Wildman–Crippen LogP) is 16.7. The fourth-order valence-corrected chi connectivity index (χ4v) is 10.7. The van der Waals surface area contributed by atoms with E-state index in [1.807, 2.05) is 60.7 Å². The van der Waals surface area contributed by atoms with Crippen molar-refractivity contribution in [1.82, 2.24) is 24.1 Å². The average Bonchev–Trinajstić information content (AvgIpc) is 3.94. The summed E-state index contributed by atoms with van der Waals surface area (Å²) in [4.78, 5) is 15.0. The summed E-state index contributed by atoms with van der Waals surface area (Å²) in [6.07, 6.45) is 0. The van der Waals surface area contributed by atoms with Crippen LogP contribution in [0.15, 0.2) is 249 Å². The fraction of sp³-hybridized carbons (Fsp3) is 0. The van der Waals surface area contributed by atoms with Crippen LogP contribution in [-0.2, 0) is 0 Å². The van der Waals surface area contributed by atoms with Crippen molar-refractivity contribution in [3.63, 3.8) is 0 Å². The maximum Gasteiger partial charge on any atom is 0.164 e. The average molecular weight is 892 g/mol. The molecule has 5 heteroatoms. The summed E-state index contributed by atoms with van der Waals surface area (Å²) in [6, 6.07) is 89.0. The number of fused-ring (bicyclic) bond motifs is 9. The van der Waals surface area contributed by atoms with Crippen LogP contribution in [0.5, 0.6) is 0 Å². The van der Waals surface area contributed by atoms with Gasteiger partial charge >= 0.3 is 0 Å². The third kappa shape index (κ3) is 6.51.